The molecule has 1 atom stereocenters. The van der Waals surface area contributed by atoms with E-state index in [-0.39, 0.29) is 18.4 Å². The van der Waals surface area contributed by atoms with Gasteiger partial charge in [0.15, 0.2) is 0 Å². The minimum atomic E-state index is 0. The zero-order valence-electron chi connectivity index (χ0n) is 8.29. The van der Waals surface area contributed by atoms with Gasteiger partial charge in [-0.15, -0.1) is 12.4 Å². The van der Waals surface area contributed by atoms with Crippen molar-refractivity contribution in [3.8, 4) is 5.75 Å². The molecule has 1 aromatic carbocycles. The van der Waals surface area contributed by atoms with Gasteiger partial charge >= 0.3 is 0 Å². The highest BCUT2D eigenvalue weighted by Crippen LogP contribution is 2.27. The van der Waals surface area contributed by atoms with Crippen molar-refractivity contribution in [2.45, 2.75) is 19.4 Å². The summed E-state index contributed by atoms with van der Waals surface area (Å²) in [4.78, 5) is 0. The second kappa shape index (κ2) is 6.27. The van der Waals surface area contributed by atoms with E-state index in [9.17, 15) is 0 Å². The molecule has 2 nitrogen and oxygen atoms in total. The number of nitrogens with two attached hydrogens (primary N) is 1. The second-order valence-electron chi connectivity index (χ2n) is 2.91. The molecule has 0 radical (unpaired) electrons. The van der Waals surface area contributed by atoms with Crippen LogP contribution in [0.15, 0.2) is 22.7 Å². The van der Waals surface area contributed by atoms with Crippen LogP contribution in [0.5, 0.6) is 5.75 Å². The summed E-state index contributed by atoms with van der Waals surface area (Å²) in [6.07, 6.45) is 0.943. The molecule has 0 aromatic heterocycles. The SMILES string of the molecule is CC[C@H](N)c1ccc(OC)c(Br)c1.Cl. The lowest BCUT2D eigenvalue weighted by Crippen LogP contribution is -2.08. The maximum Gasteiger partial charge on any atom is 0.133 e. The van der Waals surface area contributed by atoms with Gasteiger partial charge in [-0.05, 0) is 40.0 Å². The minimum absolute atomic E-state index is 0. The largest absolute Gasteiger partial charge is 0.496 e. The second-order valence-corrected chi connectivity index (χ2v) is 3.76. The van der Waals surface area contributed by atoms with Crippen molar-refractivity contribution in [3.63, 3.8) is 0 Å². The quantitative estimate of drug-likeness (QED) is 0.922. The van der Waals surface area contributed by atoms with Gasteiger partial charge in [-0.25, -0.2) is 0 Å². The van der Waals surface area contributed by atoms with E-state index in [0.717, 1.165) is 22.2 Å². The van der Waals surface area contributed by atoms with Crippen molar-refractivity contribution >= 4 is 28.3 Å². The molecule has 0 aliphatic rings. The number of ether oxygens (including phenoxy) is 1. The third-order valence-electron chi connectivity index (χ3n) is 2.04. The molecule has 0 saturated carbocycles. The summed E-state index contributed by atoms with van der Waals surface area (Å²) in [5, 5.41) is 0. The fourth-order valence-corrected chi connectivity index (χ4v) is 1.71. The van der Waals surface area contributed by atoms with Crippen molar-refractivity contribution in [2.75, 3.05) is 7.11 Å². The molecule has 80 valence electrons. The Kier molecular flexibility index (Phi) is 6.16. The first kappa shape index (κ1) is 13.8. The van der Waals surface area contributed by atoms with Gasteiger partial charge in [-0.2, -0.15) is 0 Å². The lowest BCUT2D eigenvalue weighted by atomic mass is 10.1. The third-order valence-corrected chi connectivity index (χ3v) is 2.66. The van der Waals surface area contributed by atoms with E-state index in [4.69, 9.17) is 10.5 Å². The summed E-state index contributed by atoms with van der Waals surface area (Å²) in [6, 6.07) is 6.04. The highest BCUT2D eigenvalue weighted by atomic mass is 79.9. The van der Waals surface area contributed by atoms with Crippen molar-refractivity contribution < 1.29 is 4.74 Å². The topological polar surface area (TPSA) is 35.2 Å². The third kappa shape index (κ3) is 3.15. The Morgan fingerprint density at radius 2 is 2.14 bits per heavy atom. The Bertz CT molecular complexity index is 293. The average Bonchev–Trinajstić information content (AvgIpc) is 2.16. The fraction of sp³-hybridized carbons (Fsp3) is 0.400. The van der Waals surface area contributed by atoms with Crippen LogP contribution in [-0.2, 0) is 0 Å². The number of hydrogen-bond acceptors (Lipinski definition) is 2. The summed E-state index contributed by atoms with van der Waals surface area (Å²) in [5.74, 6) is 0.840. The summed E-state index contributed by atoms with van der Waals surface area (Å²) >= 11 is 3.42. The first-order valence-electron chi connectivity index (χ1n) is 4.28. The van der Waals surface area contributed by atoms with E-state index < -0.39 is 0 Å². The molecule has 14 heavy (non-hydrogen) atoms. The highest BCUT2D eigenvalue weighted by molar-refractivity contribution is 9.10. The fourth-order valence-electron chi connectivity index (χ4n) is 1.15. The van der Waals surface area contributed by atoms with Gasteiger partial charge in [-0.3, -0.25) is 0 Å². The van der Waals surface area contributed by atoms with Gasteiger partial charge in [0.1, 0.15) is 5.75 Å². The summed E-state index contributed by atoms with van der Waals surface area (Å²) in [6.45, 7) is 2.07. The molecule has 0 aliphatic carbocycles. The van der Waals surface area contributed by atoms with E-state index in [1.54, 1.807) is 7.11 Å². The number of halogens is 2. The summed E-state index contributed by atoms with van der Waals surface area (Å²) < 4.78 is 6.08. The Hall–Kier alpha value is -0.250. The van der Waals surface area contributed by atoms with Gasteiger partial charge in [0.05, 0.1) is 11.6 Å². The standard InChI is InChI=1S/C10H14BrNO.ClH/c1-3-9(12)7-4-5-10(13-2)8(11)6-7;/h4-6,9H,3,12H2,1-2H3;1H/t9-;/m0./s1. The Balaban J connectivity index is 0.00000169. The lowest BCUT2D eigenvalue weighted by Gasteiger charge is -2.11. The maximum atomic E-state index is 5.89. The number of methoxy groups -OCH3 is 1. The molecule has 4 heteroatoms. The number of benzene rings is 1. The maximum absolute atomic E-state index is 5.89. The highest BCUT2D eigenvalue weighted by Gasteiger charge is 2.06. The normalized spacial score (nSPS) is 11.7. The molecule has 0 fully saturated rings. The van der Waals surface area contributed by atoms with Crippen LogP contribution in [0.2, 0.25) is 0 Å². The smallest absolute Gasteiger partial charge is 0.133 e. The number of rotatable bonds is 3. The summed E-state index contributed by atoms with van der Waals surface area (Å²) in [5.41, 5.74) is 7.03. The van der Waals surface area contributed by atoms with E-state index in [1.165, 1.54) is 0 Å². The van der Waals surface area contributed by atoms with Gasteiger partial charge in [-0.1, -0.05) is 13.0 Å². The molecular weight excluding hydrogens is 265 g/mol. The van der Waals surface area contributed by atoms with Gasteiger partial charge in [0, 0.05) is 6.04 Å². The van der Waals surface area contributed by atoms with Crippen LogP contribution < -0.4 is 10.5 Å². The van der Waals surface area contributed by atoms with Crippen LogP contribution in [-0.4, -0.2) is 7.11 Å². The van der Waals surface area contributed by atoms with Crippen molar-refractivity contribution in [1.29, 1.82) is 0 Å². The van der Waals surface area contributed by atoms with Crippen LogP contribution in [0.1, 0.15) is 24.9 Å². The van der Waals surface area contributed by atoms with Crippen LogP contribution in [0, 0.1) is 0 Å². The molecule has 0 bridgehead atoms. The molecule has 0 aliphatic heterocycles. The molecule has 0 spiro atoms. The molecule has 1 aromatic rings. The average molecular weight is 281 g/mol. The van der Waals surface area contributed by atoms with Gasteiger partial charge in [0.2, 0.25) is 0 Å². The Morgan fingerprint density at radius 1 is 1.50 bits per heavy atom. The Morgan fingerprint density at radius 3 is 2.57 bits per heavy atom. The first-order valence-corrected chi connectivity index (χ1v) is 5.07. The van der Waals surface area contributed by atoms with Crippen molar-refractivity contribution in [1.82, 2.24) is 0 Å². The predicted octanol–water partition coefficient (Wildman–Crippen LogP) is 3.29. The van der Waals surface area contributed by atoms with Crippen LogP contribution in [0.4, 0.5) is 0 Å². The zero-order chi connectivity index (χ0) is 9.84. The first-order chi connectivity index (χ1) is 6.19. The van der Waals surface area contributed by atoms with E-state index in [1.807, 2.05) is 18.2 Å². The minimum Gasteiger partial charge on any atom is -0.496 e. The van der Waals surface area contributed by atoms with E-state index in [0.29, 0.717) is 0 Å². The molecule has 1 rings (SSSR count). The Labute approximate surface area is 99.4 Å². The van der Waals surface area contributed by atoms with E-state index >= 15 is 0 Å². The molecule has 0 amide bonds. The van der Waals surface area contributed by atoms with Crippen molar-refractivity contribution in [3.05, 3.63) is 28.2 Å². The van der Waals surface area contributed by atoms with Crippen molar-refractivity contribution in [2.24, 2.45) is 5.73 Å². The predicted molar refractivity (Wildman–Crippen MR) is 65.2 cm³/mol. The molecule has 0 unspecified atom stereocenters. The molecule has 2 N–H and O–H groups in total. The molecular formula is C10H15BrClNO. The van der Waals surface area contributed by atoms with Crippen LogP contribution in [0.3, 0.4) is 0 Å². The monoisotopic (exact) mass is 279 g/mol. The molecule has 0 heterocycles. The zero-order valence-corrected chi connectivity index (χ0v) is 10.7. The molecule has 0 saturated heterocycles. The van der Waals surface area contributed by atoms with Gasteiger partial charge in [0.25, 0.3) is 0 Å². The van der Waals surface area contributed by atoms with E-state index in [2.05, 4.69) is 22.9 Å². The van der Waals surface area contributed by atoms with Crippen LogP contribution in [0.25, 0.3) is 0 Å². The van der Waals surface area contributed by atoms with Crippen LogP contribution >= 0.6 is 28.3 Å². The lowest BCUT2D eigenvalue weighted by molar-refractivity contribution is 0.412. The summed E-state index contributed by atoms with van der Waals surface area (Å²) in [7, 11) is 1.65. The van der Waals surface area contributed by atoms with Gasteiger partial charge < -0.3 is 10.5 Å². The number of hydrogen-bond donors (Lipinski definition) is 1.